The van der Waals surface area contributed by atoms with Crippen molar-refractivity contribution in [3.8, 4) is 11.5 Å². The number of nitrogens with zero attached hydrogens (tertiary/aromatic N) is 4. The minimum atomic E-state index is -0.293. The topological polar surface area (TPSA) is 100 Å². The molecule has 29 heavy (non-hydrogen) atoms. The highest BCUT2D eigenvalue weighted by molar-refractivity contribution is 5.77. The van der Waals surface area contributed by atoms with E-state index in [9.17, 15) is 9.59 Å². The Labute approximate surface area is 167 Å². The van der Waals surface area contributed by atoms with Crippen LogP contribution in [0.15, 0.2) is 35.5 Å². The van der Waals surface area contributed by atoms with Crippen molar-refractivity contribution in [3.05, 3.63) is 46.6 Å². The highest BCUT2D eigenvalue weighted by Crippen LogP contribution is 2.34. The standard InChI is InChI=1S/C20H23N5O4/c1-12(2)18(13-4-5-15-16(8-13)29-7-6-28-15)23-17(26)10-25-11-21-19-14(20(25)27)9-22-24(19)3/h4-5,8-9,11-12,18H,6-7,10H2,1-3H3,(H,23,26). The number of aromatic nitrogens is 4. The van der Waals surface area contributed by atoms with Gasteiger partial charge in [0.15, 0.2) is 17.1 Å². The lowest BCUT2D eigenvalue weighted by molar-refractivity contribution is -0.122. The van der Waals surface area contributed by atoms with E-state index >= 15 is 0 Å². The number of benzene rings is 1. The minimum Gasteiger partial charge on any atom is -0.486 e. The smallest absolute Gasteiger partial charge is 0.264 e. The summed E-state index contributed by atoms with van der Waals surface area (Å²) in [5.41, 5.74) is 1.12. The van der Waals surface area contributed by atoms with Gasteiger partial charge in [0.05, 0.1) is 12.2 Å². The minimum absolute atomic E-state index is 0.121. The quantitative estimate of drug-likeness (QED) is 0.699. The molecule has 9 heteroatoms. The Bertz CT molecular complexity index is 1120. The summed E-state index contributed by atoms with van der Waals surface area (Å²) in [4.78, 5) is 29.5. The van der Waals surface area contributed by atoms with Gasteiger partial charge in [-0.2, -0.15) is 5.10 Å². The van der Waals surface area contributed by atoms with E-state index in [2.05, 4.69) is 15.4 Å². The van der Waals surface area contributed by atoms with Crippen LogP contribution >= 0.6 is 0 Å². The first-order valence-corrected chi connectivity index (χ1v) is 9.50. The van der Waals surface area contributed by atoms with Crippen LogP contribution in [0.5, 0.6) is 11.5 Å². The van der Waals surface area contributed by atoms with Crippen molar-refractivity contribution in [1.29, 1.82) is 0 Å². The van der Waals surface area contributed by atoms with Crippen LogP contribution < -0.4 is 20.3 Å². The molecule has 0 bridgehead atoms. The van der Waals surface area contributed by atoms with E-state index in [1.807, 2.05) is 32.0 Å². The number of hydrogen-bond acceptors (Lipinski definition) is 6. The van der Waals surface area contributed by atoms with E-state index < -0.39 is 0 Å². The van der Waals surface area contributed by atoms with Crippen LogP contribution in [-0.4, -0.2) is 38.5 Å². The summed E-state index contributed by atoms with van der Waals surface area (Å²) in [6.07, 6.45) is 2.84. The molecule has 0 saturated heterocycles. The molecular formula is C20H23N5O4. The summed E-state index contributed by atoms with van der Waals surface area (Å²) in [6.45, 7) is 4.96. The van der Waals surface area contributed by atoms with Crippen molar-refractivity contribution in [3.63, 3.8) is 0 Å². The van der Waals surface area contributed by atoms with Gasteiger partial charge in [0.1, 0.15) is 31.5 Å². The Morgan fingerprint density at radius 2 is 2.00 bits per heavy atom. The highest BCUT2D eigenvalue weighted by atomic mass is 16.6. The van der Waals surface area contributed by atoms with Crippen molar-refractivity contribution in [1.82, 2.24) is 24.6 Å². The van der Waals surface area contributed by atoms with Gasteiger partial charge in [-0.05, 0) is 23.6 Å². The second kappa shape index (κ2) is 7.57. The first kappa shape index (κ1) is 19.0. The zero-order chi connectivity index (χ0) is 20.5. The second-order valence-electron chi connectivity index (χ2n) is 7.38. The molecule has 9 nitrogen and oxygen atoms in total. The molecule has 0 fully saturated rings. The average molecular weight is 397 g/mol. The molecule has 2 aromatic heterocycles. The monoisotopic (exact) mass is 397 g/mol. The third kappa shape index (κ3) is 3.67. The fourth-order valence-corrected chi connectivity index (χ4v) is 3.44. The maximum atomic E-state index is 12.7. The highest BCUT2D eigenvalue weighted by Gasteiger charge is 2.22. The van der Waals surface area contributed by atoms with Gasteiger partial charge >= 0.3 is 0 Å². The Kier molecular flexibility index (Phi) is 4.96. The van der Waals surface area contributed by atoms with Crippen LogP contribution in [0.1, 0.15) is 25.5 Å². The number of nitrogens with one attached hydrogen (secondary N) is 1. The van der Waals surface area contributed by atoms with E-state index in [0.29, 0.717) is 35.7 Å². The summed E-state index contributed by atoms with van der Waals surface area (Å²) < 4.78 is 14.0. The molecule has 4 rings (SSSR count). The molecular weight excluding hydrogens is 374 g/mol. The van der Waals surface area contributed by atoms with Crippen LogP contribution in [0, 0.1) is 5.92 Å². The van der Waals surface area contributed by atoms with Crippen LogP contribution in [0.2, 0.25) is 0 Å². The summed E-state index contributed by atoms with van der Waals surface area (Å²) in [5.74, 6) is 1.25. The van der Waals surface area contributed by atoms with E-state index in [4.69, 9.17) is 9.47 Å². The lowest BCUT2D eigenvalue weighted by atomic mass is 9.95. The van der Waals surface area contributed by atoms with Crippen molar-refractivity contribution >= 4 is 16.9 Å². The predicted molar refractivity (Wildman–Crippen MR) is 106 cm³/mol. The Morgan fingerprint density at radius 3 is 2.76 bits per heavy atom. The molecule has 1 unspecified atom stereocenters. The molecule has 152 valence electrons. The largest absolute Gasteiger partial charge is 0.486 e. The summed E-state index contributed by atoms with van der Waals surface area (Å²) in [7, 11) is 1.71. The lowest BCUT2D eigenvalue weighted by Crippen LogP contribution is -2.36. The van der Waals surface area contributed by atoms with E-state index in [1.165, 1.54) is 21.8 Å². The summed E-state index contributed by atoms with van der Waals surface area (Å²) in [5, 5.41) is 7.45. The van der Waals surface area contributed by atoms with Gasteiger partial charge in [0.25, 0.3) is 5.56 Å². The molecule has 0 saturated carbocycles. The molecule has 1 aromatic carbocycles. The Morgan fingerprint density at radius 1 is 1.24 bits per heavy atom. The molecule has 0 aliphatic carbocycles. The van der Waals surface area contributed by atoms with Gasteiger partial charge in [-0.1, -0.05) is 19.9 Å². The molecule has 1 aliphatic heterocycles. The Balaban J connectivity index is 1.54. The molecule has 1 amide bonds. The zero-order valence-electron chi connectivity index (χ0n) is 16.6. The van der Waals surface area contributed by atoms with Gasteiger partial charge in [-0.25, -0.2) is 4.98 Å². The van der Waals surface area contributed by atoms with Gasteiger partial charge < -0.3 is 14.8 Å². The average Bonchev–Trinajstić information content (AvgIpc) is 3.09. The van der Waals surface area contributed by atoms with Crippen molar-refractivity contribution < 1.29 is 14.3 Å². The number of ether oxygens (including phenoxy) is 2. The molecule has 1 aliphatic rings. The number of rotatable bonds is 5. The molecule has 0 spiro atoms. The van der Waals surface area contributed by atoms with Gasteiger partial charge in [-0.3, -0.25) is 18.8 Å². The summed E-state index contributed by atoms with van der Waals surface area (Å²) >= 11 is 0. The number of fused-ring (bicyclic) bond motifs is 2. The number of amides is 1. The van der Waals surface area contributed by atoms with Gasteiger partial charge in [0, 0.05) is 7.05 Å². The third-order valence-corrected chi connectivity index (χ3v) is 4.94. The molecule has 1 N–H and O–H groups in total. The van der Waals surface area contributed by atoms with E-state index in [1.54, 1.807) is 7.05 Å². The number of carbonyl (C=O) groups excluding carboxylic acids is 1. The van der Waals surface area contributed by atoms with Crippen molar-refractivity contribution in [2.24, 2.45) is 13.0 Å². The van der Waals surface area contributed by atoms with E-state index in [0.717, 1.165) is 5.56 Å². The first-order chi connectivity index (χ1) is 13.9. The molecule has 1 atom stereocenters. The SMILES string of the molecule is CC(C)C(NC(=O)Cn1cnc2c(cnn2C)c1=O)c1ccc2c(c1)OCCO2. The maximum Gasteiger partial charge on any atom is 0.264 e. The van der Waals surface area contributed by atoms with Crippen LogP contribution in [-0.2, 0) is 18.4 Å². The fourth-order valence-electron chi connectivity index (χ4n) is 3.44. The number of hydrogen-bond donors (Lipinski definition) is 1. The summed E-state index contributed by atoms with van der Waals surface area (Å²) in [6, 6.07) is 5.45. The maximum absolute atomic E-state index is 12.7. The third-order valence-electron chi connectivity index (χ3n) is 4.94. The fraction of sp³-hybridized carbons (Fsp3) is 0.400. The van der Waals surface area contributed by atoms with Crippen LogP contribution in [0.4, 0.5) is 0 Å². The second-order valence-corrected chi connectivity index (χ2v) is 7.38. The predicted octanol–water partition coefficient (Wildman–Crippen LogP) is 1.41. The molecule has 3 heterocycles. The first-order valence-electron chi connectivity index (χ1n) is 9.50. The number of carbonyl (C=O) groups is 1. The van der Waals surface area contributed by atoms with Gasteiger partial charge in [0.2, 0.25) is 5.91 Å². The zero-order valence-corrected chi connectivity index (χ0v) is 16.6. The lowest BCUT2D eigenvalue weighted by Gasteiger charge is -2.25. The van der Waals surface area contributed by atoms with E-state index in [-0.39, 0.29) is 30.0 Å². The molecule has 3 aromatic rings. The van der Waals surface area contributed by atoms with Crippen molar-refractivity contribution in [2.45, 2.75) is 26.4 Å². The Hall–Kier alpha value is -3.36. The van der Waals surface area contributed by atoms with Crippen LogP contribution in [0.3, 0.4) is 0 Å². The number of aryl methyl sites for hydroxylation is 1. The van der Waals surface area contributed by atoms with Crippen molar-refractivity contribution in [2.75, 3.05) is 13.2 Å². The van der Waals surface area contributed by atoms with Crippen LogP contribution in [0.25, 0.3) is 11.0 Å². The molecule has 0 radical (unpaired) electrons. The van der Waals surface area contributed by atoms with Gasteiger partial charge in [-0.15, -0.1) is 0 Å². The normalized spacial score (nSPS) is 14.2.